The first kappa shape index (κ1) is 14.4. The van der Waals surface area contributed by atoms with Gasteiger partial charge in [0.15, 0.2) is 0 Å². The molecule has 5 heteroatoms. The Morgan fingerprint density at radius 3 is 2.85 bits per heavy atom. The van der Waals surface area contributed by atoms with E-state index in [4.69, 9.17) is 10.5 Å². The van der Waals surface area contributed by atoms with Gasteiger partial charge < -0.3 is 15.8 Å². The van der Waals surface area contributed by atoms with Gasteiger partial charge in [-0.25, -0.2) is 0 Å². The first-order chi connectivity index (χ1) is 9.78. The number of carbonyl (C=O) groups is 1. The van der Waals surface area contributed by atoms with Crippen molar-refractivity contribution in [3.8, 4) is 17.6 Å². The van der Waals surface area contributed by atoms with Crippen LogP contribution in [0.2, 0.25) is 0 Å². The number of amides is 1. The zero-order valence-corrected chi connectivity index (χ0v) is 11.4. The summed E-state index contributed by atoms with van der Waals surface area (Å²) in [6.07, 6.45) is 0. The Hall–Kier alpha value is -2.03. The fourth-order valence-corrected chi connectivity index (χ4v) is 1.96. The standard InChI is InChI=1S/C15H19N3O2/c16-7-1-2-13-3-5-14(6-4-13)20-11-10-18-9-8-17-15(19)12-18/h3-6H,7-12,16H2,(H,17,19). The average molecular weight is 273 g/mol. The molecule has 1 aliphatic rings. The molecule has 0 aromatic heterocycles. The van der Waals surface area contributed by atoms with E-state index in [0.717, 1.165) is 24.4 Å². The van der Waals surface area contributed by atoms with Crippen molar-refractivity contribution in [2.45, 2.75) is 0 Å². The van der Waals surface area contributed by atoms with Crippen molar-refractivity contribution in [2.75, 3.05) is 39.3 Å². The summed E-state index contributed by atoms with van der Waals surface area (Å²) in [5.41, 5.74) is 6.25. The lowest BCUT2D eigenvalue weighted by atomic mass is 10.2. The number of carbonyl (C=O) groups excluding carboxylic acids is 1. The topological polar surface area (TPSA) is 67.6 Å². The minimum atomic E-state index is 0.0825. The van der Waals surface area contributed by atoms with E-state index in [9.17, 15) is 4.79 Å². The molecule has 5 nitrogen and oxygen atoms in total. The Morgan fingerprint density at radius 2 is 2.15 bits per heavy atom. The average Bonchev–Trinajstić information content (AvgIpc) is 2.46. The van der Waals surface area contributed by atoms with Crippen LogP contribution < -0.4 is 15.8 Å². The molecule has 1 aromatic rings. The van der Waals surface area contributed by atoms with Crippen LogP contribution >= 0.6 is 0 Å². The van der Waals surface area contributed by atoms with Crippen molar-refractivity contribution in [3.63, 3.8) is 0 Å². The van der Waals surface area contributed by atoms with Crippen LogP contribution in [0.25, 0.3) is 0 Å². The van der Waals surface area contributed by atoms with Crippen LogP contribution in [0.15, 0.2) is 24.3 Å². The number of hydrogen-bond acceptors (Lipinski definition) is 4. The third kappa shape index (κ3) is 4.57. The summed E-state index contributed by atoms with van der Waals surface area (Å²) >= 11 is 0. The second kappa shape index (κ2) is 7.53. The number of nitrogens with one attached hydrogen (secondary N) is 1. The van der Waals surface area contributed by atoms with Gasteiger partial charge in [0.25, 0.3) is 0 Å². The van der Waals surface area contributed by atoms with Crippen molar-refractivity contribution < 1.29 is 9.53 Å². The van der Waals surface area contributed by atoms with E-state index in [2.05, 4.69) is 22.1 Å². The molecule has 1 aromatic carbocycles. The molecule has 20 heavy (non-hydrogen) atoms. The van der Waals surface area contributed by atoms with Crippen molar-refractivity contribution >= 4 is 5.91 Å². The lowest BCUT2D eigenvalue weighted by Crippen LogP contribution is -2.48. The lowest BCUT2D eigenvalue weighted by Gasteiger charge is -2.26. The molecule has 1 heterocycles. The fourth-order valence-electron chi connectivity index (χ4n) is 1.96. The molecule has 1 aliphatic heterocycles. The van der Waals surface area contributed by atoms with E-state index in [-0.39, 0.29) is 5.91 Å². The quantitative estimate of drug-likeness (QED) is 0.746. The monoisotopic (exact) mass is 273 g/mol. The molecule has 0 unspecified atom stereocenters. The lowest BCUT2D eigenvalue weighted by molar-refractivity contribution is -0.124. The normalized spacial score (nSPS) is 15.2. The summed E-state index contributed by atoms with van der Waals surface area (Å²) in [6, 6.07) is 7.60. The summed E-state index contributed by atoms with van der Waals surface area (Å²) in [5.74, 6) is 6.66. The number of ether oxygens (including phenoxy) is 1. The molecule has 1 saturated heterocycles. The molecule has 0 radical (unpaired) electrons. The number of benzene rings is 1. The third-order valence-electron chi connectivity index (χ3n) is 2.98. The predicted octanol–water partition coefficient (Wildman–Crippen LogP) is -0.193. The SMILES string of the molecule is NCC#Cc1ccc(OCCN2CCNC(=O)C2)cc1. The van der Waals surface area contributed by atoms with E-state index < -0.39 is 0 Å². The highest BCUT2D eigenvalue weighted by molar-refractivity contribution is 5.78. The third-order valence-corrected chi connectivity index (χ3v) is 2.98. The van der Waals surface area contributed by atoms with E-state index in [0.29, 0.717) is 26.2 Å². The molecule has 0 spiro atoms. The van der Waals surface area contributed by atoms with Crippen molar-refractivity contribution in [1.82, 2.24) is 10.2 Å². The zero-order valence-electron chi connectivity index (χ0n) is 11.4. The Labute approximate surface area is 119 Å². The van der Waals surface area contributed by atoms with Crippen LogP contribution in [-0.4, -0.2) is 50.1 Å². The van der Waals surface area contributed by atoms with E-state index in [1.807, 2.05) is 24.3 Å². The number of piperazine rings is 1. The summed E-state index contributed by atoms with van der Waals surface area (Å²) < 4.78 is 5.66. The maximum absolute atomic E-state index is 11.2. The van der Waals surface area contributed by atoms with Gasteiger partial charge in [0.05, 0.1) is 13.1 Å². The molecule has 0 atom stereocenters. The van der Waals surface area contributed by atoms with Gasteiger partial charge in [-0.15, -0.1) is 0 Å². The second-order valence-corrected chi connectivity index (χ2v) is 4.50. The van der Waals surface area contributed by atoms with Crippen molar-refractivity contribution in [2.24, 2.45) is 5.73 Å². The number of nitrogens with two attached hydrogens (primary N) is 1. The minimum absolute atomic E-state index is 0.0825. The molecular weight excluding hydrogens is 254 g/mol. The predicted molar refractivity (Wildman–Crippen MR) is 77.3 cm³/mol. The van der Waals surface area contributed by atoms with Gasteiger partial charge in [-0.3, -0.25) is 9.69 Å². The van der Waals surface area contributed by atoms with E-state index >= 15 is 0 Å². The molecule has 1 amide bonds. The number of hydrogen-bond donors (Lipinski definition) is 2. The van der Waals surface area contributed by atoms with Gasteiger partial charge in [0.2, 0.25) is 5.91 Å². The van der Waals surface area contributed by atoms with Gasteiger partial charge in [-0.1, -0.05) is 11.8 Å². The van der Waals surface area contributed by atoms with Gasteiger partial charge in [-0.2, -0.15) is 0 Å². The van der Waals surface area contributed by atoms with Crippen LogP contribution in [0.4, 0.5) is 0 Å². The summed E-state index contributed by atoms with van der Waals surface area (Å²) in [6.45, 7) is 3.73. The smallest absolute Gasteiger partial charge is 0.234 e. The highest BCUT2D eigenvalue weighted by Crippen LogP contribution is 2.11. The van der Waals surface area contributed by atoms with E-state index in [1.54, 1.807) is 0 Å². The van der Waals surface area contributed by atoms with Crippen LogP contribution in [-0.2, 0) is 4.79 Å². The molecule has 0 aliphatic carbocycles. The molecule has 1 fully saturated rings. The molecule has 106 valence electrons. The number of rotatable bonds is 4. The summed E-state index contributed by atoms with van der Waals surface area (Å²) in [4.78, 5) is 13.3. The summed E-state index contributed by atoms with van der Waals surface area (Å²) in [5, 5.41) is 2.80. The maximum Gasteiger partial charge on any atom is 0.234 e. The highest BCUT2D eigenvalue weighted by Gasteiger charge is 2.15. The largest absolute Gasteiger partial charge is 0.492 e. The molecule has 0 bridgehead atoms. The van der Waals surface area contributed by atoms with Crippen molar-refractivity contribution in [3.05, 3.63) is 29.8 Å². The maximum atomic E-state index is 11.2. The minimum Gasteiger partial charge on any atom is -0.492 e. The Morgan fingerprint density at radius 1 is 1.35 bits per heavy atom. The van der Waals surface area contributed by atoms with Crippen LogP contribution in [0.5, 0.6) is 5.75 Å². The number of nitrogens with zero attached hydrogens (tertiary/aromatic N) is 1. The molecular formula is C15H19N3O2. The summed E-state index contributed by atoms with van der Waals surface area (Å²) in [7, 11) is 0. The van der Waals surface area contributed by atoms with Crippen LogP contribution in [0.1, 0.15) is 5.56 Å². The Kier molecular flexibility index (Phi) is 5.42. The van der Waals surface area contributed by atoms with E-state index in [1.165, 1.54) is 0 Å². The Bertz CT molecular complexity index is 502. The van der Waals surface area contributed by atoms with Gasteiger partial charge in [0, 0.05) is 25.2 Å². The van der Waals surface area contributed by atoms with Crippen LogP contribution in [0, 0.1) is 11.8 Å². The van der Waals surface area contributed by atoms with Crippen molar-refractivity contribution in [1.29, 1.82) is 0 Å². The molecule has 2 rings (SSSR count). The highest BCUT2D eigenvalue weighted by atomic mass is 16.5. The first-order valence-electron chi connectivity index (χ1n) is 6.69. The Balaban J connectivity index is 1.75. The molecule has 3 N–H and O–H groups in total. The van der Waals surface area contributed by atoms with Gasteiger partial charge in [0.1, 0.15) is 12.4 Å². The zero-order chi connectivity index (χ0) is 14.2. The second-order valence-electron chi connectivity index (χ2n) is 4.50. The first-order valence-corrected chi connectivity index (χ1v) is 6.69. The fraction of sp³-hybridized carbons (Fsp3) is 0.400. The van der Waals surface area contributed by atoms with Gasteiger partial charge in [-0.05, 0) is 24.3 Å². The molecule has 0 saturated carbocycles. The van der Waals surface area contributed by atoms with Crippen LogP contribution in [0.3, 0.4) is 0 Å². The van der Waals surface area contributed by atoms with Gasteiger partial charge >= 0.3 is 0 Å².